The molecule has 3 atom stereocenters. The van der Waals surface area contributed by atoms with Crippen LogP contribution in [0, 0.1) is 17.8 Å². The smallest absolute Gasteiger partial charge is 0.0356 e. The van der Waals surface area contributed by atoms with Gasteiger partial charge in [-0.2, -0.15) is 0 Å². The molecule has 20 heavy (non-hydrogen) atoms. The van der Waals surface area contributed by atoms with Crippen molar-refractivity contribution in [2.75, 3.05) is 6.54 Å². The lowest BCUT2D eigenvalue weighted by molar-refractivity contribution is 0.392. The van der Waals surface area contributed by atoms with Gasteiger partial charge in [-0.15, -0.1) is 0 Å². The van der Waals surface area contributed by atoms with Crippen LogP contribution in [0.4, 0.5) is 0 Å². The number of hydrogen-bond donors (Lipinski definition) is 1. The lowest BCUT2D eigenvalue weighted by Crippen LogP contribution is -2.26. The molecule has 0 radical (unpaired) electrons. The highest BCUT2D eigenvalue weighted by atomic mass is 14.9. The molecule has 1 aromatic carbocycles. The van der Waals surface area contributed by atoms with E-state index >= 15 is 0 Å². The Balaban J connectivity index is 1.62. The van der Waals surface area contributed by atoms with Gasteiger partial charge in [-0.1, -0.05) is 44.0 Å². The van der Waals surface area contributed by atoms with Crippen LogP contribution in [0.2, 0.25) is 0 Å². The van der Waals surface area contributed by atoms with Gasteiger partial charge in [-0.25, -0.2) is 0 Å². The van der Waals surface area contributed by atoms with Crippen molar-refractivity contribution in [3.05, 3.63) is 35.4 Å². The van der Waals surface area contributed by atoms with E-state index in [0.717, 1.165) is 30.2 Å². The zero-order valence-corrected chi connectivity index (χ0v) is 12.6. The SMILES string of the molecule is CCNC(c1ccccc1C1CCC1)C1C2CCCC21. The monoisotopic (exact) mass is 269 g/mol. The van der Waals surface area contributed by atoms with Gasteiger partial charge in [0.2, 0.25) is 0 Å². The largest absolute Gasteiger partial charge is 0.310 e. The first kappa shape index (κ1) is 12.9. The Bertz CT molecular complexity index is 466. The third kappa shape index (κ3) is 2.02. The van der Waals surface area contributed by atoms with Gasteiger partial charge in [0.05, 0.1) is 0 Å². The highest BCUT2D eigenvalue weighted by molar-refractivity contribution is 5.36. The van der Waals surface area contributed by atoms with E-state index < -0.39 is 0 Å². The minimum atomic E-state index is 0.632. The molecule has 3 fully saturated rings. The molecule has 108 valence electrons. The van der Waals surface area contributed by atoms with Gasteiger partial charge in [-0.05, 0) is 67.0 Å². The zero-order chi connectivity index (χ0) is 13.5. The number of hydrogen-bond acceptors (Lipinski definition) is 1. The summed E-state index contributed by atoms with van der Waals surface area (Å²) in [5, 5.41) is 3.83. The molecule has 0 heterocycles. The summed E-state index contributed by atoms with van der Waals surface area (Å²) < 4.78 is 0. The average Bonchev–Trinajstić information content (AvgIpc) is 2.87. The van der Waals surface area contributed by atoms with E-state index in [1.54, 1.807) is 11.1 Å². The highest BCUT2D eigenvalue weighted by Gasteiger charge is 2.56. The molecule has 3 unspecified atom stereocenters. The summed E-state index contributed by atoms with van der Waals surface area (Å²) >= 11 is 0. The van der Waals surface area contributed by atoms with Gasteiger partial charge in [0.1, 0.15) is 0 Å². The molecule has 0 aliphatic heterocycles. The van der Waals surface area contributed by atoms with E-state index in [0.29, 0.717) is 6.04 Å². The first-order valence-electron chi connectivity index (χ1n) is 8.72. The van der Waals surface area contributed by atoms with E-state index in [1.807, 2.05) is 0 Å². The van der Waals surface area contributed by atoms with Crippen molar-refractivity contribution in [2.24, 2.45) is 17.8 Å². The van der Waals surface area contributed by atoms with Crippen molar-refractivity contribution < 1.29 is 0 Å². The number of benzene rings is 1. The van der Waals surface area contributed by atoms with Crippen molar-refractivity contribution in [1.82, 2.24) is 5.32 Å². The van der Waals surface area contributed by atoms with Gasteiger partial charge in [0.15, 0.2) is 0 Å². The third-order valence-corrected chi connectivity index (χ3v) is 6.16. The van der Waals surface area contributed by atoms with E-state index in [-0.39, 0.29) is 0 Å². The molecule has 1 N–H and O–H groups in total. The lowest BCUT2D eigenvalue weighted by Gasteiger charge is -2.31. The maximum absolute atomic E-state index is 3.83. The Morgan fingerprint density at radius 3 is 2.40 bits per heavy atom. The van der Waals surface area contributed by atoms with Crippen LogP contribution < -0.4 is 5.32 Å². The van der Waals surface area contributed by atoms with Crippen molar-refractivity contribution in [3.8, 4) is 0 Å². The number of fused-ring (bicyclic) bond motifs is 1. The van der Waals surface area contributed by atoms with Crippen LogP contribution in [-0.2, 0) is 0 Å². The first-order valence-corrected chi connectivity index (χ1v) is 8.72. The molecular weight excluding hydrogens is 242 g/mol. The van der Waals surface area contributed by atoms with Gasteiger partial charge in [0.25, 0.3) is 0 Å². The summed E-state index contributed by atoms with van der Waals surface area (Å²) in [5.41, 5.74) is 3.30. The summed E-state index contributed by atoms with van der Waals surface area (Å²) in [6.45, 7) is 3.36. The first-order chi connectivity index (χ1) is 9.90. The van der Waals surface area contributed by atoms with Gasteiger partial charge in [0, 0.05) is 6.04 Å². The summed E-state index contributed by atoms with van der Waals surface area (Å²) in [5.74, 6) is 3.86. The minimum absolute atomic E-state index is 0.632. The predicted octanol–water partition coefficient (Wildman–Crippen LogP) is 4.65. The highest BCUT2D eigenvalue weighted by Crippen LogP contribution is 2.62. The van der Waals surface area contributed by atoms with Crippen molar-refractivity contribution in [1.29, 1.82) is 0 Å². The summed E-state index contributed by atoms with van der Waals surface area (Å²) in [6, 6.07) is 9.94. The fourth-order valence-corrected chi connectivity index (χ4v) is 4.93. The van der Waals surface area contributed by atoms with Crippen LogP contribution in [-0.4, -0.2) is 6.54 Å². The van der Waals surface area contributed by atoms with Crippen molar-refractivity contribution in [3.63, 3.8) is 0 Å². The summed E-state index contributed by atoms with van der Waals surface area (Å²) in [4.78, 5) is 0. The standard InChI is InChI=1S/C19H27N/c1-2-20-19(18-15-11-6-12-16(15)18)17-10-4-3-9-14(17)13-7-5-8-13/h3-4,9-10,13,15-16,18-20H,2,5-8,11-12H2,1H3. The molecule has 1 heteroatoms. The fraction of sp³-hybridized carbons (Fsp3) is 0.684. The Kier molecular flexibility index (Phi) is 3.34. The number of rotatable bonds is 5. The van der Waals surface area contributed by atoms with Gasteiger partial charge >= 0.3 is 0 Å². The maximum atomic E-state index is 3.83. The minimum Gasteiger partial charge on any atom is -0.310 e. The van der Waals surface area contributed by atoms with E-state index in [2.05, 4.69) is 36.5 Å². The van der Waals surface area contributed by atoms with Crippen LogP contribution in [0.15, 0.2) is 24.3 Å². The molecule has 1 aromatic rings. The van der Waals surface area contributed by atoms with Crippen LogP contribution in [0.3, 0.4) is 0 Å². The molecule has 0 amide bonds. The topological polar surface area (TPSA) is 12.0 Å². The molecule has 1 nitrogen and oxygen atoms in total. The van der Waals surface area contributed by atoms with Crippen LogP contribution in [0.25, 0.3) is 0 Å². The van der Waals surface area contributed by atoms with E-state index in [1.165, 1.54) is 38.5 Å². The summed E-state index contributed by atoms with van der Waals surface area (Å²) in [6.07, 6.45) is 8.71. The Morgan fingerprint density at radius 2 is 1.75 bits per heavy atom. The quantitative estimate of drug-likeness (QED) is 0.820. The molecule has 3 saturated carbocycles. The van der Waals surface area contributed by atoms with E-state index in [4.69, 9.17) is 0 Å². The molecule has 3 aliphatic carbocycles. The van der Waals surface area contributed by atoms with Crippen LogP contribution in [0.5, 0.6) is 0 Å². The van der Waals surface area contributed by atoms with Crippen LogP contribution >= 0.6 is 0 Å². The zero-order valence-electron chi connectivity index (χ0n) is 12.6. The fourth-order valence-electron chi connectivity index (χ4n) is 4.93. The third-order valence-electron chi connectivity index (χ3n) is 6.16. The Labute approximate surface area is 123 Å². The summed E-state index contributed by atoms with van der Waals surface area (Å²) in [7, 11) is 0. The number of nitrogens with one attached hydrogen (secondary N) is 1. The van der Waals surface area contributed by atoms with Gasteiger partial charge < -0.3 is 5.32 Å². The average molecular weight is 269 g/mol. The second kappa shape index (κ2) is 5.18. The Morgan fingerprint density at radius 1 is 1.05 bits per heavy atom. The van der Waals surface area contributed by atoms with Crippen molar-refractivity contribution in [2.45, 2.75) is 57.4 Å². The van der Waals surface area contributed by atoms with Crippen molar-refractivity contribution >= 4 is 0 Å². The molecule has 3 aliphatic rings. The second-order valence-electron chi connectivity index (χ2n) is 7.13. The molecule has 0 saturated heterocycles. The van der Waals surface area contributed by atoms with Crippen LogP contribution in [0.1, 0.15) is 68.5 Å². The lowest BCUT2D eigenvalue weighted by atomic mass is 9.76. The maximum Gasteiger partial charge on any atom is 0.0356 e. The molecule has 0 aromatic heterocycles. The second-order valence-corrected chi connectivity index (χ2v) is 7.13. The van der Waals surface area contributed by atoms with Gasteiger partial charge in [-0.3, -0.25) is 0 Å². The van der Waals surface area contributed by atoms with E-state index in [9.17, 15) is 0 Å². The molecule has 4 rings (SSSR count). The molecule has 0 bridgehead atoms. The predicted molar refractivity (Wildman–Crippen MR) is 83.8 cm³/mol. The normalized spacial score (nSPS) is 33.5. The molecular formula is C19H27N. The Hall–Kier alpha value is -0.820. The molecule has 0 spiro atoms.